The molecule has 0 fully saturated rings. The maximum Gasteiger partial charge on any atom is 0.328 e. The molecule has 2 rings (SSSR count). The van der Waals surface area contributed by atoms with Gasteiger partial charge in [-0.05, 0) is 24.3 Å². The summed E-state index contributed by atoms with van der Waals surface area (Å²) in [5.74, 6) is -0.714. The predicted octanol–water partition coefficient (Wildman–Crippen LogP) is 1.71. The lowest BCUT2D eigenvalue weighted by Crippen LogP contribution is -1.85. The summed E-state index contributed by atoms with van der Waals surface area (Å²) in [5, 5.41) is 24.6. The Morgan fingerprint density at radius 2 is 2.06 bits per heavy atom. The normalized spacial score (nSPS) is 10.4. The van der Waals surface area contributed by atoms with Crippen molar-refractivity contribution in [2.24, 2.45) is 0 Å². The zero-order valence-electron chi connectivity index (χ0n) is 9.07. The van der Waals surface area contributed by atoms with Crippen LogP contribution in [0.25, 0.3) is 17.5 Å². The highest BCUT2D eigenvalue weighted by atomic mass is 16.4. The van der Waals surface area contributed by atoms with E-state index in [1.54, 1.807) is 24.3 Å². The van der Waals surface area contributed by atoms with Gasteiger partial charge in [-0.1, -0.05) is 0 Å². The van der Waals surface area contributed by atoms with Gasteiger partial charge in [-0.3, -0.25) is 0 Å². The van der Waals surface area contributed by atoms with Gasteiger partial charge in [0.1, 0.15) is 0 Å². The lowest BCUT2D eigenvalue weighted by Gasteiger charge is -1.93. The molecule has 0 spiro atoms. The molecule has 1 aromatic heterocycles. The number of nitrogens with zero attached hydrogens (tertiary/aromatic N) is 3. The van der Waals surface area contributed by atoms with Gasteiger partial charge in [0, 0.05) is 17.7 Å². The average molecular weight is 241 g/mol. The molecule has 0 saturated heterocycles. The van der Waals surface area contributed by atoms with Crippen molar-refractivity contribution < 1.29 is 14.3 Å². The molecule has 0 unspecified atom stereocenters. The largest absolute Gasteiger partial charge is 0.478 e. The van der Waals surface area contributed by atoms with Crippen LogP contribution >= 0.6 is 0 Å². The molecule has 2 aromatic rings. The van der Waals surface area contributed by atoms with Crippen LogP contribution in [0.2, 0.25) is 0 Å². The zero-order chi connectivity index (χ0) is 13.0. The molecule has 1 heterocycles. The molecule has 0 radical (unpaired) electrons. The van der Waals surface area contributed by atoms with Crippen molar-refractivity contribution >= 4 is 12.0 Å². The highest BCUT2D eigenvalue weighted by molar-refractivity contribution is 5.84. The molecule has 0 amide bonds. The van der Waals surface area contributed by atoms with Crippen LogP contribution in [-0.2, 0) is 4.79 Å². The predicted molar refractivity (Wildman–Crippen MR) is 61.1 cm³/mol. The maximum atomic E-state index is 10.3. The number of carboxylic acid groups (broad SMARTS) is 1. The van der Waals surface area contributed by atoms with Crippen LogP contribution in [0.3, 0.4) is 0 Å². The Balaban J connectivity index is 2.24. The second-order valence-electron chi connectivity index (χ2n) is 3.31. The van der Waals surface area contributed by atoms with E-state index < -0.39 is 5.97 Å². The highest BCUT2D eigenvalue weighted by Gasteiger charge is 2.06. The standard InChI is InChI=1S/C12H7N3O3/c13-7-8-1-3-9(4-2-8)12-15-14-10(18-12)5-6-11(16)17/h1-6H,(H,16,17)/b6-5+. The van der Waals surface area contributed by atoms with Crippen molar-refractivity contribution in [2.45, 2.75) is 0 Å². The van der Waals surface area contributed by atoms with Gasteiger partial charge >= 0.3 is 5.97 Å². The van der Waals surface area contributed by atoms with Crippen LogP contribution in [0.15, 0.2) is 34.8 Å². The third-order valence-electron chi connectivity index (χ3n) is 2.07. The van der Waals surface area contributed by atoms with E-state index in [2.05, 4.69) is 10.2 Å². The number of aromatic nitrogens is 2. The van der Waals surface area contributed by atoms with Gasteiger partial charge in [-0.15, -0.1) is 10.2 Å². The van der Waals surface area contributed by atoms with Crippen molar-refractivity contribution in [3.8, 4) is 17.5 Å². The molecule has 88 valence electrons. The van der Waals surface area contributed by atoms with E-state index >= 15 is 0 Å². The minimum Gasteiger partial charge on any atom is -0.478 e. The Kier molecular flexibility index (Phi) is 3.16. The van der Waals surface area contributed by atoms with Gasteiger partial charge in [-0.2, -0.15) is 5.26 Å². The first-order valence-corrected chi connectivity index (χ1v) is 4.94. The molecule has 0 atom stereocenters. The van der Waals surface area contributed by atoms with E-state index in [0.29, 0.717) is 11.1 Å². The van der Waals surface area contributed by atoms with Crippen molar-refractivity contribution in [3.05, 3.63) is 41.8 Å². The van der Waals surface area contributed by atoms with Crippen molar-refractivity contribution in [2.75, 3.05) is 0 Å². The smallest absolute Gasteiger partial charge is 0.328 e. The summed E-state index contributed by atoms with van der Waals surface area (Å²) in [6.45, 7) is 0. The number of hydrogen-bond acceptors (Lipinski definition) is 5. The monoisotopic (exact) mass is 241 g/mol. The number of aliphatic carboxylic acids is 1. The summed E-state index contributed by atoms with van der Waals surface area (Å²) < 4.78 is 5.24. The number of nitriles is 1. The summed E-state index contributed by atoms with van der Waals surface area (Å²) in [5.41, 5.74) is 1.20. The number of benzene rings is 1. The first-order chi connectivity index (χ1) is 8.69. The van der Waals surface area contributed by atoms with Crippen LogP contribution in [0, 0.1) is 11.3 Å². The van der Waals surface area contributed by atoms with Gasteiger partial charge in [0.15, 0.2) is 0 Å². The Morgan fingerprint density at radius 1 is 1.33 bits per heavy atom. The van der Waals surface area contributed by atoms with Crippen LogP contribution < -0.4 is 0 Å². The first kappa shape index (κ1) is 11.5. The highest BCUT2D eigenvalue weighted by Crippen LogP contribution is 2.18. The third kappa shape index (κ3) is 2.59. The molecular weight excluding hydrogens is 234 g/mol. The second kappa shape index (κ2) is 4.93. The molecule has 0 saturated carbocycles. The molecule has 0 bridgehead atoms. The van der Waals surface area contributed by atoms with Crippen LogP contribution in [-0.4, -0.2) is 21.3 Å². The Hall–Kier alpha value is -2.94. The SMILES string of the molecule is N#Cc1ccc(-c2nnc(/C=C/C(=O)O)o2)cc1. The second-order valence-corrected chi connectivity index (χ2v) is 3.31. The van der Waals surface area contributed by atoms with Crippen LogP contribution in [0.4, 0.5) is 0 Å². The van der Waals surface area contributed by atoms with Gasteiger partial charge < -0.3 is 9.52 Å². The zero-order valence-corrected chi connectivity index (χ0v) is 9.07. The minimum atomic E-state index is -1.09. The summed E-state index contributed by atoms with van der Waals surface area (Å²) in [6, 6.07) is 8.62. The van der Waals surface area contributed by atoms with Gasteiger partial charge in [0.05, 0.1) is 11.6 Å². The molecule has 0 aliphatic carbocycles. The van der Waals surface area contributed by atoms with Gasteiger partial charge in [0.25, 0.3) is 0 Å². The lowest BCUT2D eigenvalue weighted by atomic mass is 10.1. The van der Waals surface area contributed by atoms with E-state index in [-0.39, 0.29) is 11.8 Å². The van der Waals surface area contributed by atoms with E-state index in [1.165, 1.54) is 6.08 Å². The fraction of sp³-hybridized carbons (Fsp3) is 0. The van der Waals surface area contributed by atoms with Gasteiger partial charge in [-0.25, -0.2) is 4.79 Å². The quantitative estimate of drug-likeness (QED) is 0.821. The van der Waals surface area contributed by atoms with E-state index in [1.807, 2.05) is 6.07 Å². The van der Waals surface area contributed by atoms with Gasteiger partial charge in [0.2, 0.25) is 11.8 Å². The van der Waals surface area contributed by atoms with Crippen molar-refractivity contribution in [1.82, 2.24) is 10.2 Å². The van der Waals surface area contributed by atoms with Crippen LogP contribution in [0.1, 0.15) is 11.5 Å². The Labute approximate surface area is 102 Å². The van der Waals surface area contributed by atoms with E-state index in [9.17, 15) is 4.79 Å². The molecule has 6 heteroatoms. The average Bonchev–Trinajstić information content (AvgIpc) is 2.85. The summed E-state index contributed by atoms with van der Waals surface area (Å²) in [4.78, 5) is 10.3. The van der Waals surface area contributed by atoms with E-state index in [0.717, 1.165) is 6.08 Å². The third-order valence-corrected chi connectivity index (χ3v) is 2.07. The molecule has 18 heavy (non-hydrogen) atoms. The molecule has 0 aliphatic rings. The topological polar surface area (TPSA) is 100 Å². The molecular formula is C12H7N3O3. The number of carbonyl (C=O) groups is 1. The lowest BCUT2D eigenvalue weighted by molar-refractivity contribution is -0.131. The first-order valence-electron chi connectivity index (χ1n) is 4.94. The summed E-state index contributed by atoms with van der Waals surface area (Å²) in [6.07, 6.45) is 2.12. The van der Waals surface area contributed by atoms with Crippen LogP contribution in [0.5, 0.6) is 0 Å². The molecule has 1 N–H and O–H groups in total. The Bertz CT molecular complexity index is 635. The number of carboxylic acids is 1. The minimum absolute atomic E-state index is 0.108. The molecule has 1 aromatic carbocycles. The summed E-state index contributed by atoms with van der Waals surface area (Å²) in [7, 11) is 0. The number of rotatable bonds is 3. The summed E-state index contributed by atoms with van der Waals surface area (Å²) >= 11 is 0. The number of hydrogen-bond donors (Lipinski definition) is 1. The maximum absolute atomic E-state index is 10.3. The molecule has 6 nitrogen and oxygen atoms in total. The van der Waals surface area contributed by atoms with Crippen molar-refractivity contribution in [1.29, 1.82) is 5.26 Å². The van der Waals surface area contributed by atoms with E-state index in [4.69, 9.17) is 14.8 Å². The Morgan fingerprint density at radius 3 is 2.67 bits per heavy atom. The molecule has 0 aliphatic heterocycles. The fourth-order valence-corrected chi connectivity index (χ4v) is 1.25. The fourth-order valence-electron chi connectivity index (χ4n) is 1.25. The van der Waals surface area contributed by atoms with Crippen molar-refractivity contribution in [3.63, 3.8) is 0 Å².